The van der Waals surface area contributed by atoms with Crippen molar-refractivity contribution < 1.29 is 13.2 Å². The van der Waals surface area contributed by atoms with Crippen LogP contribution in [0.1, 0.15) is 23.7 Å². The van der Waals surface area contributed by atoms with E-state index in [1.807, 2.05) is 37.3 Å². The van der Waals surface area contributed by atoms with E-state index in [1.165, 1.54) is 0 Å². The predicted octanol–water partition coefficient (Wildman–Crippen LogP) is 2.38. The standard InChI is InChI=1S/C20H22N4O3S/c1-3-24-19-17(12-21-24)16(11-18(22-19)14-7-5-4-6-8-14)20(25)23(2)15-9-10-28(26,27)13-15/h4-8,11-12,15H,3,9-10,13H2,1-2H3. The molecule has 2 aromatic heterocycles. The van der Waals surface area contributed by atoms with Gasteiger partial charge in [-0.25, -0.2) is 18.1 Å². The van der Waals surface area contributed by atoms with Gasteiger partial charge in [0.25, 0.3) is 5.91 Å². The number of hydrogen-bond donors (Lipinski definition) is 0. The van der Waals surface area contributed by atoms with E-state index >= 15 is 0 Å². The van der Waals surface area contributed by atoms with Crippen molar-refractivity contribution in [2.45, 2.75) is 25.9 Å². The van der Waals surface area contributed by atoms with E-state index in [0.29, 0.717) is 35.3 Å². The highest BCUT2D eigenvalue weighted by atomic mass is 32.2. The molecule has 3 heterocycles. The third-order valence-corrected chi connectivity index (χ3v) is 7.04. The van der Waals surface area contributed by atoms with Crippen molar-refractivity contribution in [2.75, 3.05) is 18.6 Å². The molecule has 0 aliphatic carbocycles. The van der Waals surface area contributed by atoms with Gasteiger partial charge in [0.1, 0.15) is 0 Å². The molecule has 146 valence electrons. The van der Waals surface area contributed by atoms with Gasteiger partial charge in [-0.05, 0) is 19.4 Å². The molecule has 8 heteroatoms. The highest BCUT2D eigenvalue weighted by Gasteiger charge is 2.33. The maximum atomic E-state index is 13.3. The fourth-order valence-electron chi connectivity index (χ4n) is 3.65. The van der Waals surface area contributed by atoms with Gasteiger partial charge in [-0.1, -0.05) is 30.3 Å². The molecule has 0 N–H and O–H groups in total. The number of pyridine rings is 1. The van der Waals surface area contributed by atoms with Crippen LogP contribution in [0.2, 0.25) is 0 Å². The summed E-state index contributed by atoms with van der Waals surface area (Å²) in [5.41, 5.74) is 2.75. The molecule has 3 aromatic rings. The summed E-state index contributed by atoms with van der Waals surface area (Å²) in [5.74, 6) is -0.0600. The zero-order chi connectivity index (χ0) is 19.9. The predicted molar refractivity (Wildman–Crippen MR) is 108 cm³/mol. The molecule has 1 aromatic carbocycles. The van der Waals surface area contributed by atoms with Crippen molar-refractivity contribution >= 4 is 26.8 Å². The molecule has 0 saturated carbocycles. The average molecular weight is 398 g/mol. The third kappa shape index (κ3) is 3.28. The van der Waals surface area contributed by atoms with Crippen molar-refractivity contribution in [1.82, 2.24) is 19.7 Å². The summed E-state index contributed by atoms with van der Waals surface area (Å²) in [6, 6.07) is 11.2. The largest absolute Gasteiger partial charge is 0.338 e. The molecule has 1 saturated heterocycles. The fourth-order valence-corrected chi connectivity index (χ4v) is 5.42. The molecule has 1 aliphatic heterocycles. The fraction of sp³-hybridized carbons (Fsp3) is 0.350. The smallest absolute Gasteiger partial charge is 0.254 e. The van der Waals surface area contributed by atoms with Crippen molar-refractivity contribution in [3.05, 3.63) is 48.2 Å². The van der Waals surface area contributed by atoms with E-state index in [2.05, 4.69) is 5.10 Å². The maximum Gasteiger partial charge on any atom is 0.254 e. The van der Waals surface area contributed by atoms with Crippen LogP contribution in [0.4, 0.5) is 0 Å². The van der Waals surface area contributed by atoms with Crippen LogP contribution in [0.15, 0.2) is 42.6 Å². The number of carbonyl (C=O) groups excluding carboxylic acids is 1. The zero-order valence-corrected chi connectivity index (χ0v) is 16.7. The Hall–Kier alpha value is -2.74. The van der Waals surface area contributed by atoms with Crippen LogP contribution in [0.5, 0.6) is 0 Å². The van der Waals surface area contributed by atoms with E-state index < -0.39 is 9.84 Å². The minimum absolute atomic E-state index is 0.0171. The highest BCUT2D eigenvalue weighted by Crippen LogP contribution is 2.27. The summed E-state index contributed by atoms with van der Waals surface area (Å²) in [7, 11) is -1.40. The second kappa shape index (κ2) is 7.01. The topological polar surface area (TPSA) is 85.2 Å². The lowest BCUT2D eigenvalue weighted by atomic mass is 10.1. The van der Waals surface area contributed by atoms with E-state index in [4.69, 9.17) is 4.98 Å². The lowest BCUT2D eigenvalue weighted by molar-refractivity contribution is 0.0749. The van der Waals surface area contributed by atoms with Gasteiger partial charge >= 0.3 is 0 Å². The van der Waals surface area contributed by atoms with Gasteiger partial charge in [-0.2, -0.15) is 5.10 Å². The SMILES string of the molecule is CCn1ncc2c(C(=O)N(C)C3CCS(=O)(=O)C3)cc(-c3ccccc3)nc21. The Morgan fingerprint density at radius 3 is 2.68 bits per heavy atom. The Labute approximate surface area is 163 Å². The van der Waals surface area contributed by atoms with E-state index in [0.717, 1.165) is 5.56 Å². The second-order valence-corrected chi connectivity index (χ2v) is 9.32. The summed E-state index contributed by atoms with van der Waals surface area (Å²) < 4.78 is 25.4. The third-order valence-electron chi connectivity index (χ3n) is 5.29. The number of benzene rings is 1. The highest BCUT2D eigenvalue weighted by molar-refractivity contribution is 7.91. The van der Waals surface area contributed by atoms with E-state index in [1.54, 1.807) is 28.9 Å². The van der Waals surface area contributed by atoms with Crippen molar-refractivity contribution in [3.63, 3.8) is 0 Å². The first kappa shape index (κ1) is 18.6. The molecule has 1 unspecified atom stereocenters. The summed E-state index contributed by atoms with van der Waals surface area (Å²) in [6.07, 6.45) is 2.13. The van der Waals surface area contributed by atoms with Crippen LogP contribution in [-0.4, -0.2) is 58.6 Å². The van der Waals surface area contributed by atoms with Crippen LogP contribution in [0.3, 0.4) is 0 Å². The Kier molecular flexibility index (Phi) is 4.66. The molecule has 28 heavy (non-hydrogen) atoms. The number of hydrogen-bond acceptors (Lipinski definition) is 5. The van der Waals surface area contributed by atoms with Gasteiger partial charge in [-0.3, -0.25) is 4.79 Å². The van der Waals surface area contributed by atoms with Gasteiger partial charge < -0.3 is 4.90 Å². The van der Waals surface area contributed by atoms with Crippen LogP contribution in [0.25, 0.3) is 22.3 Å². The number of amides is 1. The molecule has 7 nitrogen and oxygen atoms in total. The molecule has 0 radical (unpaired) electrons. The number of aromatic nitrogens is 3. The van der Waals surface area contributed by atoms with Gasteiger partial charge in [0.05, 0.1) is 34.3 Å². The first-order valence-corrected chi connectivity index (χ1v) is 11.1. The Morgan fingerprint density at radius 1 is 1.29 bits per heavy atom. The first-order valence-electron chi connectivity index (χ1n) is 9.29. The van der Waals surface area contributed by atoms with E-state index in [-0.39, 0.29) is 23.5 Å². The van der Waals surface area contributed by atoms with Crippen molar-refractivity contribution in [2.24, 2.45) is 0 Å². The number of carbonyl (C=O) groups is 1. The summed E-state index contributed by atoms with van der Waals surface area (Å²) in [5, 5.41) is 5.04. The number of aryl methyl sites for hydroxylation is 1. The Balaban J connectivity index is 1.81. The lowest BCUT2D eigenvalue weighted by Crippen LogP contribution is -2.38. The number of nitrogens with zero attached hydrogens (tertiary/aromatic N) is 4. The zero-order valence-electron chi connectivity index (χ0n) is 15.9. The molecular formula is C20H22N4O3S. The maximum absolute atomic E-state index is 13.3. The van der Waals surface area contributed by atoms with Crippen LogP contribution >= 0.6 is 0 Å². The number of fused-ring (bicyclic) bond motifs is 1. The minimum Gasteiger partial charge on any atom is -0.338 e. The number of sulfone groups is 1. The molecule has 0 spiro atoms. The Morgan fingerprint density at radius 2 is 2.04 bits per heavy atom. The first-order chi connectivity index (χ1) is 13.4. The molecule has 1 fully saturated rings. The van der Waals surface area contributed by atoms with Gasteiger partial charge in [0, 0.05) is 25.2 Å². The van der Waals surface area contributed by atoms with Crippen LogP contribution in [-0.2, 0) is 16.4 Å². The van der Waals surface area contributed by atoms with Crippen LogP contribution in [0, 0.1) is 0 Å². The molecule has 4 rings (SSSR count). The molecule has 0 bridgehead atoms. The van der Waals surface area contributed by atoms with Crippen molar-refractivity contribution in [3.8, 4) is 11.3 Å². The molecule has 1 aliphatic rings. The molecule has 1 amide bonds. The lowest BCUT2D eigenvalue weighted by Gasteiger charge is -2.24. The van der Waals surface area contributed by atoms with Crippen LogP contribution < -0.4 is 0 Å². The summed E-state index contributed by atoms with van der Waals surface area (Å²) >= 11 is 0. The van der Waals surface area contributed by atoms with Gasteiger partial charge in [0.2, 0.25) is 0 Å². The Bertz CT molecular complexity index is 1140. The van der Waals surface area contributed by atoms with E-state index in [9.17, 15) is 13.2 Å². The molecular weight excluding hydrogens is 376 g/mol. The minimum atomic E-state index is -3.07. The monoisotopic (exact) mass is 398 g/mol. The quantitative estimate of drug-likeness (QED) is 0.674. The van der Waals surface area contributed by atoms with Gasteiger partial charge in [0.15, 0.2) is 15.5 Å². The second-order valence-electron chi connectivity index (χ2n) is 7.09. The summed E-state index contributed by atoms with van der Waals surface area (Å²) in [6.45, 7) is 2.61. The number of rotatable bonds is 4. The van der Waals surface area contributed by atoms with Crippen molar-refractivity contribution in [1.29, 1.82) is 0 Å². The van der Waals surface area contributed by atoms with Gasteiger partial charge in [-0.15, -0.1) is 0 Å². The normalized spacial score (nSPS) is 18.4. The molecule has 1 atom stereocenters. The average Bonchev–Trinajstić information content (AvgIpc) is 3.29. The summed E-state index contributed by atoms with van der Waals surface area (Å²) in [4.78, 5) is 19.6.